The van der Waals surface area contributed by atoms with Crippen molar-refractivity contribution in [1.82, 2.24) is 5.32 Å². The van der Waals surface area contributed by atoms with E-state index in [1.165, 1.54) is 12.8 Å². The number of hydrogen-bond donors (Lipinski definition) is 1. The van der Waals surface area contributed by atoms with Crippen molar-refractivity contribution in [3.8, 4) is 11.5 Å². The topological polar surface area (TPSA) is 39.7 Å². The molecular weight excluding hydrogens is 254 g/mol. The summed E-state index contributed by atoms with van der Waals surface area (Å²) in [6.07, 6.45) is 2.43. The first-order valence-electron chi connectivity index (χ1n) is 7.42. The number of para-hydroxylation sites is 1. The molecule has 0 aliphatic carbocycles. The van der Waals surface area contributed by atoms with Gasteiger partial charge in [0.25, 0.3) is 0 Å². The van der Waals surface area contributed by atoms with Crippen molar-refractivity contribution < 1.29 is 14.2 Å². The zero-order valence-corrected chi connectivity index (χ0v) is 12.5. The van der Waals surface area contributed by atoms with Gasteiger partial charge in [0.1, 0.15) is 0 Å². The van der Waals surface area contributed by atoms with E-state index in [1.54, 1.807) is 7.11 Å². The van der Waals surface area contributed by atoms with Gasteiger partial charge < -0.3 is 19.5 Å². The third-order valence-corrected chi connectivity index (χ3v) is 3.57. The van der Waals surface area contributed by atoms with E-state index in [0.29, 0.717) is 12.5 Å². The smallest absolute Gasteiger partial charge is 0.165 e. The van der Waals surface area contributed by atoms with Crippen molar-refractivity contribution in [1.29, 1.82) is 0 Å². The molecule has 0 bridgehead atoms. The summed E-state index contributed by atoms with van der Waals surface area (Å²) in [5.74, 6) is 2.28. The van der Waals surface area contributed by atoms with Gasteiger partial charge in [0.15, 0.2) is 11.5 Å². The molecule has 0 radical (unpaired) electrons. The number of methoxy groups -OCH3 is 1. The maximum atomic E-state index is 5.59. The van der Waals surface area contributed by atoms with E-state index >= 15 is 0 Å². The van der Waals surface area contributed by atoms with Gasteiger partial charge in [0.2, 0.25) is 0 Å². The minimum absolute atomic E-state index is 0.629. The standard InChI is InChI=1S/C16H25NO3/c1-3-20-15-8-4-7-14(16(15)18-2)11-17-10-13-6-5-9-19-12-13/h4,7-8,13,17H,3,5-6,9-12H2,1-2H3. The van der Waals surface area contributed by atoms with Crippen molar-refractivity contribution >= 4 is 0 Å². The summed E-state index contributed by atoms with van der Waals surface area (Å²) < 4.78 is 16.6. The molecule has 1 fully saturated rings. The number of nitrogens with one attached hydrogen (secondary N) is 1. The molecule has 1 saturated heterocycles. The van der Waals surface area contributed by atoms with Crippen LogP contribution in [0.2, 0.25) is 0 Å². The molecule has 4 heteroatoms. The Balaban J connectivity index is 1.89. The largest absolute Gasteiger partial charge is 0.493 e. The highest BCUT2D eigenvalue weighted by Gasteiger charge is 2.14. The van der Waals surface area contributed by atoms with Crippen LogP contribution in [0.1, 0.15) is 25.3 Å². The fourth-order valence-electron chi connectivity index (χ4n) is 2.58. The Morgan fingerprint density at radius 3 is 3.00 bits per heavy atom. The third-order valence-electron chi connectivity index (χ3n) is 3.57. The lowest BCUT2D eigenvalue weighted by molar-refractivity contribution is 0.0547. The van der Waals surface area contributed by atoms with Crippen molar-refractivity contribution in [2.24, 2.45) is 5.92 Å². The fraction of sp³-hybridized carbons (Fsp3) is 0.625. The molecule has 1 unspecified atom stereocenters. The zero-order valence-electron chi connectivity index (χ0n) is 12.5. The number of rotatable bonds is 7. The molecule has 1 aromatic rings. The van der Waals surface area contributed by atoms with Crippen LogP contribution in [0.5, 0.6) is 11.5 Å². The zero-order chi connectivity index (χ0) is 14.2. The summed E-state index contributed by atoms with van der Waals surface area (Å²) in [7, 11) is 1.69. The minimum atomic E-state index is 0.629. The van der Waals surface area contributed by atoms with Gasteiger partial charge in [-0.15, -0.1) is 0 Å². The van der Waals surface area contributed by atoms with Gasteiger partial charge in [-0.25, -0.2) is 0 Å². The Morgan fingerprint density at radius 1 is 1.40 bits per heavy atom. The molecule has 1 aliphatic rings. The first-order chi connectivity index (χ1) is 9.85. The molecule has 4 nitrogen and oxygen atoms in total. The monoisotopic (exact) mass is 279 g/mol. The van der Waals surface area contributed by atoms with Gasteiger partial charge in [-0.2, -0.15) is 0 Å². The molecule has 20 heavy (non-hydrogen) atoms. The Morgan fingerprint density at radius 2 is 2.30 bits per heavy atom. The summed E-state index contributed by atoms with van der Waals surface area (Å²) in [5.41, 5.74) is 1.13. The average Bonchev–Trinajstić information content (AvgIpc) is 2.49. The van der Waals surface area contributed by atoms with E-state index in [1.807, 2.05) is 19.1 Å². The maximum absolute atomic E-state index is 5.59. The summed E-state index contributed by atoms with van der Waals surface area (Å²) >= 11 is 0. The second-order valence-corrected chi connectivity index (χ2v) is 5.10. The van der Waals surface area contributed by atoms with Gasteiger partial charge >= 0.3 is 0 Å². The molecule has 1 heterocycles. The summed E-state index contributed by atoms with van der Waals surface area (Å²) in [4.78, 5) is 0. The van der Waals surface area contributed by atoms with Crippen LogP contribution in [-0.2, 0) is 11.3 Å². The Hall–Kier alpha value is -1.26. The van der Waals surface area contributed by atoms with Gasteiger partial charge in [0.05, 0.1) is 20.3 Å². The second kappa shape index (κ2) is 8.12. The maximum Gasteiger partial charge on any atom is 0.165 e. The van der Waals surface area contributed by atoms with Crippen LogP contribution in [-0.4, -0.2) is 33.5 Å². The highest BCUT2D eigenvalue weighted by Crippen LogP contribution is 2.30. The van der Waals surface area contributed by atoms with Crippen LogP contribution in [0.15, 0.2) is 18.2 Å². The normalized spacial score (nSPS) is 18.8. The molecule has 112 valence electrons. The van der Waals surface area contributed by atoms with Crippen LogP contribution in [0.3, 0.4) is 0 Å². The van der Waals surface area contributed by atoms with Crippen molar-refractivity contribution in [3.63, 3.8) is 0 Å². The highest BCUT2D eigenvalue weighted by molar-refractivity contribution is 5.46. The first-order valence-corrected chi connectivity index (χ1v) is 7.42. The van der Waals surface area contributed by atoms with Crippen molar-refractivity contribution in [2.75, 3.05) is 33.5 Å². The average molecular weight is 279 g/mol. The molecule has 0 amide bonds. The predicted octanol–water partition coefficient (Wildman–Crippen LogP) is 2.61. The summed E-state index contributed by atoms with van der Waals surface area (Å²) in [6, 6.07) is 6.03. The van der Waals surface area contributed by atoms with E-state index in [-0.39, 0.29) is 0 Å². The van der Waals surface area contributed by atoms with E-state index in [9.17, 15) is 0 Å². The predicted molar refractivity (Wildman–Crippen MR) is 79.4 cm³/mol. The molecule has 0 saturated carbocycles. The SMILES string of the molecule is CCOc1cccc(CNCC2CCCOC2)c1OC. The van der Waals surface area contributed by atoms with Crippen LogP contribution in [0.25, 0.3) is 0 Å². The van der Waals surface area contributed by atoms with Crippen molar-refractivity contribution in [2.45, 2.75) is 26.3 Å². The lowest BCUT2D eigenvalue weighted by Gasteiger charge is -2.22. The quantitative estimate of drug-likeness (QED) is 0.833. The third kappa shape index (κ3) is 4.12. The molecule has 1 N–H and O–H groups in total. The second-order valence-electron chi connectivity index (χ2n) is 5.10. The molecule has 1 aromatic carbocycles. The lowest BCUT2D eigenvalue weighted by Crippen LogP contribution is -2.29. The van der Waals surface area contributed by atoms with Crippen molar-refractivity contribution in [3.05, 3.63) is 23.8 Å². The van der Waals surface area contributed by atoms with E-state index in [2.05, 4.69) is 11.4 Å². The van der Waals surface area contributed by atoms with Crippen LogP contribution < -0.4 is 14.8 Å². The Labute approximate surface area is 121 Å². The van der Waals surface area contributed by atoms with E-state index in [0.717, 1.165) is 43.4 Å². The van der Waals surface area contributed by atoms with E-state index < -0.39 is 0 Å². The van der Waals surface area contributed by atoms with Crippen LogP contribution >= 0.6 is 0 Å². The molecule has 1 atom stereocenters. The summed E-state index contributed by atoms with van der Waals surface area (Å²) in [6.45, 7) is 6.20. The van der Waals surface area contributed by atoms with Gasteiger partial charge in [-0.1, -0.05) is 12.1 Å². The fourth-order valence-corrected chi connectivity index (χ4v) is 2.58. The van der Waals surface area contributed by atoms with Gasteiger partial charge in [0, 0.05) is 25.3 Å². The molecular formula is C16H25NO3. The minimum Gasteiger partial charge on any atom is -0.493 e. The number of hydrogen-bond acceptors (Lipinski definition) is 4. The Kier molecular flexibility index (Phi) is 6.15. The van der Waals surface area contributed by atoms with E-state index in [4.69, 9.17) is 14.2 Å². The molecule has 0 aromatic heterocycles. The lowest BCUT2D eigenvalue weighted by atomic mass is 10.0. The van der Waals surface area contributed by atoms with Gasteiger partial charge in [-0.05, 0) is 31.7 Å². The Bertz CT molecular complexity index is 403. The molecule has 1 aliphatic heterocycles. The van der Waals surface area contributed by atoms with Crippen LogP contribution in [0, 0.1) is 5.92 Å². The first kappa shape index (κ1) is 15.1. The molecule has 0 spiro atoms. The summed E-state index contributed by atoms with van der Waals surface area (Å²) in [5, 5.41) is 3.50. The number of ether oxygens (including phenoxy) is 3. The number of benzene rings is 1. The molecule has 2 rings (SSSR count). The van der Waals surface area contributed by atoms with Crippen LogP contribution in [0.4, 0.5) is 0 Å². The van der Waals surface area contributed by atoms with Gasteiger partial charge in [-0.3, -0.25) is 0 Å². The highest BCUT2D eigenvalue weighted by atomic mass is 16.5.